The molecule has 2 heterocycles. The van der Waals surface area contributed by atoms with Crippen molar-refractivity contribution in [3.05, 3.63) is 161 Å². The van der Waals surface area contributed by atoms with Gasteiger partial charge in [0, 0.05) is 16.1 Å². The first kappa shape index (κ1) is 30.7. The predicted octanol–water partition coefficient (Wildman–Crippen LogP) is 6.18. The Morgan fingerprint density at radius 1 is 1.07 bits per heavy atom. The third-order valence-corrected chi connectivity index (χ3v) is 8.51. The molecular weight excluding hydrogens is 625 g/mol. The summed E-state index contributed by atoms with van der Waals surface area (Å²) in [6.07, 6.45) is 1.68. The average Bonchev–Trinajstić information content (AvgIpc) is 3.38. The van der Waals surface area contributed by atoms with Crippen molar-refractivity contribution in [2.45, 2.75) is 19.6 Å². The number of carbonyl (C=O) groups is 1. The number of thiazole rings is 1. The van der Waals surface area contributed by atoms with Gasteiger partial charge in [-0.05, 0) is 66.6 Å². The Bertz CT molecular complexity index is 2190. The van der Waals surface area contributed by atoms with Gasteiger partial charge in [-0.1, -0.05) is 77.5 Å². The zero-order valence-corrected chi connectivity index (χ0v) is 26.0. The molecule has 7 nitrogen and oxygen atoms in total. The molecule has 228 valence electrons. The third kappa shape index (κ3) is 6.26. The fourth-order valence-electron chi connectivity index (χ4n) is 5.14. The third-order valence-electron chi connectivity index (χ3n) is 7.30. The largest absolute Gasteiger partial charge is 0.488 e. The van der Waals surface area contributed by atoms with Crippen molar-refractivity contribution in [2.24, 2.45) is 4.99 Å². The van der Waals surface area contributed by atoms with Crippen molar-refractivity contribution < 1.29 is 18.7 Å². The van der Waals surface area contributed by atoms with Crippen molar-refractivity contribution in [1.82, 2.24) is 4.57 Å². The van der Waals surface area contributed by atoms with Crippen LogP contribution in [0.15, 0.2) is 112 Å². The van der Waals surface area contributed by atoms with Crippen LogP contribution in [0.2, 0.25) is 5.02 Å². The van der Waals surface area contributed by atoms with E-state index in [1.165, 1.54) is 16.7 Å². The molecule has 1 aromatic heterocycles. The van der Waals surface area contributed by atoms with Crippen LogP contribution in [-0.4, -0.2) is 17.1 Å². The lowest BCUT2D eigenvalue weighted by molar-refractivity contribution is -0.138. The van der Waals surface area contributed by atoms with E-state index in [9.17, 15) is 14.0 Å². The Kier molecular flexibility index (Phi) is 8.92. The second-order valence-corrected chi connectivity index (χ2v) is 11.7. The maximum Gasteiger partial charge on any atom is 0.338 e. The Balaban J connectivity index is 1.51. The standard InChI is InChI=1S/C36H25ClFN3O4S/c1-2-44-35(43)31-32(24-6-4-3-5-7-24)40-36-41(33(31)25-12-15-28(38)16-13-25)34(42)30(46-36)19-26-18-27(37)14-17-29(26)45-21-23-10-8-22(20-39)9-11-23/h3-19,33H,2,21H2,1H3/b30-19-/t33-/m0/s1. The van der Waals surface area contributed by atoms with Gasteiger partial charge in [-0.3, -0.25) is 9.36 Å². The number of nitriles is 1. The summed E-state index contributed by atoms with van der Waals surface area (Å²) in [6, 6.07) is 28.2. The van der Waals surface area contributed by atoms with Crippen LogP contribution in [-0.2, 0) is 16.1 Å². The molecule has 1 aliphatic rings. The first-order valence-corrected chi connectivity index (χ1v) is 15.5. The second-order valence-electron chi connectivity index (χ2n) is 10.3. The van der Waals surface area contributed by atoms with Crippen LogP contribution in [0.5, 0.6) is 5.75 Å². The minimum absolute atomic E-state index is 0.116. The summed E-state index contributed by atoms with van der Waals surface area (Å²) in [4.78, 5) is 33.0. The number of esters is 1. The van der Waals surface area contributed by atoms with Crippen LogP contribution in [0.25, 0.3) is 11.8 Å². The first-order valence-electron chi connectivity index (χ1n) is 14.3. The molecule has 6 rings (SSSR count). The highest BCUT2D eigenvalue weighted by Crippen LogP contribution is 2.35. The van der Waals surface area contributed by atoms with Crippen LogP contribution in [0.4, 0.5) is 4.39 Å². The molecule has 4 aromatic carbocycles. The number of ether oxygens (including phenoxy) is 2. The average molecular weight is 650 g/mol. The molecule has 0 radical (unpaired) electrons. The molecule has 0 aliphatic carbocycles. The monoisotopic (exact) mass is 649 g/mol. The van der Waals surface area contributed by atoms with E-state index in [1.54, 1.807) is 55.5 Å². The summed E-state index contributed by atoms with van der Waals surface area (Å²) in [7, 11) is 0. The highest BCUT2D eigenvalue weighted by atomic mass is 35.5. The van der Waals surface area contributed by atoms with E-state index >= 15 is 0 Å². The highest BCUT2D eigenvalue weighted by Gasteiger charge is 2.35. The quantitative estimate of drug-likeness (QED) is 0.187. The predicted molar refractivity (Wildman–Crippen MR) is 174 cm³/mol. The molecule has 0 saturated heterocycles. The minimum Gasteiger partial charge on any atom is -0.488 e. The van der Waals surface area contributed by atoms with Crippen molar-refractivity contribution in [2.75, 3.05) is 6.61 Å². The van der Waals surface area contributed by atoms with Gasteiger partial charge in [0.15, 0.2) is 4.80 Å². The van der Waals surface area contributed by atoms with Crippen molar-refractivity contribution in [3.63, 3.8) is 0 Å². The smallest absolute Gasteiger partial charge is 0.338 e. The summed E-state index contributed by atoms with van der Waals surface area (Å²) >= 11 is 7.52. The van der Waals surface area contributed by atoms with E-state index < -0.39 is 23.4 Å². The van der Waals surface area contributed by atoms with E-state index in [0.29, 0.717) is 48.1 Å². The van der Waals surface area contributed by atoms with Gasteiger partial charge < -0.3 is 9.47 Å². The lowest BCUT2D eigenvalue weighted by Gasteiger charge is -2.25. The number of benzene rings is 4. The van der Waals surface area contributed by atoms with Crippen molar-refractivity contribution in [1.29, 1.82) is 5.26 Å². The van der Waals surface area contributed by atoms with Crippen LogP contribution in [0.3, 0.4) is 0 Å². The zero-order chi connectivity index (χ0) is 32.2. The number of hydrogen-bond donors (Lipinski definition) is 0. The molecule has 1 atom stereocenters. The number of aromatic nitrogens is 1. The summed E-state index contributed by atoms with van der Waals surface area (Å²) in [6.45, 7) is 2.04. The van der Waals surface area contributed by atoms with Gasteiger partial charge >= 0.3 is 5.97 Å². The Labute approximate surface area is 272 Å². The minimum atomic E-state index is -0.931. The normalized spacial score (nSPS) is 14.3. The fourth-order valence-corrected chi connectivity index (χ4v) is 6.31. The lowest BCUT2D eigenvalue weighted by Crippen LogP contribution is -2.40. The molecule has 5 aromatic rings. The summed E-state index contributed by atoms with van der Waals surface area (Å²) < 4.78 is 27.4. The van der Waals surface area contributed by atoms with Crippen LogP contribution >= 0.6 is 22.9 Å². The second kappa shape index (κ2) is 13.4. The number of fused-ring (bicyclic) bond motifs is 1. The van der Waals surface area contributed by atoms with E-state index in [0.717, 1.165) is 16.9 Å². The van der Waals surface area contributed by atoms with Gasteiger partial charge in [-0.15, -0.1) is 0 Å². The van der Waals surface area contributed by atoms with Crippen LogP contribution in [0.1, 0.15) is 40.8 Å². The first-order chi connectivity index (χ1) is 22.4. The SMILES string of the molecule is CCOC(=O)C1=C(c2ccccc2)N=c2s/c(=C\c3cc(Cl)ccc3OCc3ccc(C#N)cc3)c(=O)n2[C@H]1c1ccc(F)cc1. The number of nitrogens with zero attached hydrogens (tertiary/aromatic N) is 3. The highest BCUT2D eigenvalue weighted by molar-refractivity contribution is 7.07. The molecule has 46 heavy (non-hydrogen) atoms. The maximum absolute atomic E-state index is 14.2. The molecule has 0 fully saturated rings. The molecular formula is C36H25ClFN3O4S. The molecule has 0 spiro atoms. The fraction of sp³-hybridized carbons (Fsp3) is 0.111. The van der Waals surface area contributed by atoms with Gasteiger partial charge in [-0.25, -0.2) is 14.2 Å². The van der Waals surface area contributed by atoms with Gasteiger partial charge in [0.05, 0.1) is 40.1 Å². The number of carbonyl (C=O) groups excluding carboxylic acids is 1. The van der Waals surface area contributed by atoms with E-state index in [-0.39, 0.29) is 18.8 Å². The molecule has 0 amide bonds. The Morgan fingerprint density at radius 3 is 2.50 bits per heavy atom. The van der Waals surface area contributed by atoms with E-state index in [1.807, 2.05) is 42.5 Å². The van der Waals surface area contributed by atoms with Gasteiger partial charge in [0.2, 0.25) is 0 Å². The lowest BCUT2D eigenvalue weighted by atomic mass is 9.93. The Hall–Kier alpha value is -5.30. The molecule has 0 unspecified atom stereocenters. The molecule has 10 heteroatoms. The van der Waals surface area contributed by atoms with Crippen molar-refractivity contribution >= 4 is 40.7 Å². The van der Waals surface area contributed by atoms with Gasteiger partial charge in [0.25, 0.3) is 5.56 Å². The van der Waals surface area contributed by atoms with Crippen LogP contribution in [0, 0.1) is 17.1 Å². The van der Waals surface area contributed by atoms with Gasteiger partial charge in [-0.2, -0.15) is 5.26 Å². The zero-order valence-electron chi connectivity index (χ0n) is 24.4. The van der Waals surface area contributed by atoms with Gasteiger partial charge in [0.1, 0.15) is 18.2 Å². The maximum atomic E-state index is 14.2. The van der Waals surface area contributed by atoms with E-state index in [2.05, 4.69) is 6.07 Å². The van der Waals surface area contributed by atoms with E-state index in [4.69, 9.17) is 31.3 Å². The molecule has 0 bridgehead atoms. The van der Waals surface area contributed by atoms with Crippen LogP contribution < -0.4 is 19.6 Å². The molecule has 0 saturated carbocycles. The molecule has 0 N–H and O–H groups in total. The topological polar surface area (TPSA) is 93.7 Å². The Morgan fingerprint density at radius 2 is 1.80 bits per heavy atom. The number of halogens is 2. The number of rotatable bonds is 8. The summed E-state index contributed by atoms with van der Waals surface area (Å²) in [5, 5.41) is 9.53. The number of hydrogen-bond acceptors (Lipinski definition) is 7. The summed E-state index contributed by atoms with van der Waals surface area (Å²) in [5.41, 5.74) is 3.31. The van der Waals surface area contributed by atoms with Crippen molar-refractivity contribution in [3.8, 4) is 11.8 Å². The summed E-state index contributed by atoms with van der Waals surface area (Å²) in [5.74, 6) is -0.579. The molecule has 1 aliphatic heterocycles.